The summed E-state index contributed by atoms with van der Waals surface area (Å²) in [6.07, 6.45) is -12.0. The number of carbonyl (C=O) groups excluding carboxylic acids is 1. The second-order valence-electron chi connectivity index (χ2n) is 26.6. The number of H-pyrrole nitrogens is 3. The van der Waals surface area contributed by atoms with E-state index in [4.69, 9.17) is 151 Å². The first-order chi connectivity index (χ1) is 51.2. The van der Waals surface area contributed by atoms with Crippen LogP contribution in [0.3, 0.4) is 0 Å². The highest BCUT2D eigenvalue weighted by Crippen LogP contribution is 2.56. The number of nitrogen functional groups attached to an aromatic ring is 3. The number of aromatic amines is 3. The van der Waals surface area contributed by atoms with Crippen LogP contribution >= 0.6 is 33.6 Å². The van der Waals surface area contributed by atoms with Gasteiger partial charge in [-0.05, 0) is 117 Å². The van der Waals surface area contributed by atoms with Crippen LogP contribution in [0.4, 0.5) is 22.5 Å². The van der Waals surface area contributed by atoms with E-state index in [2.05, 4.69) is 45.2 Å². The fourth-order valence-electron chi connectivity index (χ4n) is 12.9. The van der Waals surface area contributed by atoms with Gasteiger partial charge in [0, 0.05) is 49.8 Å². The average molecular weight is 1720 g/mol. The molecule has 5 saturated heterocycles. The van der Waals surface area contributed by atoms with Crippen LogP contribution < -0.4 is 56.3 Å². The van der Waals surface area contributed by atoms with Crippen molar-refractivity contribution in [2.45, 2.75) is 172 Å². The van der Waals surface area contributed by atoms with Crippen LogP contribution in [0.15, 0.2) is 66.9 Å². The van der Waals surface area contributed by atoms with E-state index in [0.29, 0.717) is 12.0 Å². The van der Waals surface area contributed by atoms with Gasteiger partial charge in [-0.25, -0.2) is 24.4 Å². The SMILES string of the molecule is CC1=CN([C@H]2CC(OP(O)(=S)OC[C@H]3O[C@@H](n4cnc5c(=O)[nH]c(N)nc54)CC3OP(O)(=S)OC[C@H]3O[C@@H](n4cc(C)c(=O)[nH]c4=O)CC3OP(O)(=S)OC[C@H]3O[C@@H](n4ccc(N)nc4=O)CC3C(C)C)[C@@H](COP(O)(=S)OC3C[C@H](n4cnc5c(=O)[nH]c(N)nc54)O[C@@H]3COP(O)(=S)OC(C)C)O2)C(=O)NC1N. The third-order valence-corrected chi connectivity index (χ3v) is 26.2. The zero-order valence-electron chi connectivity index (χ0n) is 58.3. The Bertz CT molecular complexity index is 5020. The summed E-state index contributed by atoms with van der Waals surface area (Å²) < 4.78 is 96.3. The lowest BCUT2D eigenvalue weighted by molar-refractivity contribution is -0.0594. The molecule has 5 fully saturated rings. The van der Waals surface area contributed by atoms with E-state index < -0.39 is 192 Å². The molecule has 6 aromatic rings. The maximum absolute atomic E-state index is 13.5. The van der Waals surface area contributed by atoms with Gasteiger partial charge in [-0.2, -0.15) is 15.0 Å². The minimum Gasteiger partial charge on any atom is -0.383 e. The number of hydrogen-bond donors (Lipinski definition) is 13. The topological polar surface area (TPSA) is 593 Å². The van der Waals surface area contributed by atoms with Gasteiger partial charge in [0.15, 0.2) is 22.3 Å². The maximum atomic E-state index is 13.5. The first-order valence-corrected chi connectivity index (χ1v) is 46.3. The quantitative estimate of drug-likeness (QED) is 0.0270. The number of hydrogen-bond acceptors (Lipinski definition) is 35. The Morgan fingerprint density at radius 2 is 0.945 bits per heavy atom. The molecule has 0 radical (unpaired) electrons. The fraction of sp³-hybridized carbons (Fsp3) is 0.618. The van der Waals surface area contributed by atoms with Crippen molar-refractivity contribution in [2.24, 2.45) is 17.6 Å². The van der Waals surface area contributed by atoms with E-state index in [-0.39, 0.29) is 89.7 Å². The number of aryl methyl sites for hydroxylation is 1. The van der Waals surface area contributed by atoms with Crippen LogP contribution in [0, 0.1) is 18.8 Å². The number of carbonyl (C=O) groups is 1. The zero-order chi connectivity index (χ0) is 78.7. The Labute approximate surface area is 641 Å². The van der Waals surface area contributed by atoms with Crippen LogP contribution in [0.2, 0.25) is 0 Å². The summed E-state index contributed by atoms with van der Waals surface area (Å²) in [6.45, 7) is -14.5. The molecule has 11 unspecified atom stereocenters. The predicted molar refractivity (Wildman–Crippen MR) is 400 cm³/mol. The molecule has 0 aromatic carbocycles. The summed E-state index contributed by atoms with van der Waals surface area (Å²) in [5.41, 5.74) is 20.5. The van der Waals surface area contributed by atoms with Gasteiger partial charge in [0.2, 0.25) is 11.9 Å². The van der Waals surface area contributed by atoms with Gasteiger partial charge in [-0.15, -0.1) is 0 Å². The van der Waals surface area contributed by atoms with Gasteiger partial charge in [-0.3, -0.25) is 52.5 Å². The fourth-order valence-corrected chi connectivity index (χ4v) is 20.4. The van der Waals surface area contributed by atoms with E-state index in [0.717, 1.165) is 4.57 Å². The zero-order valence-corrected chi connectivity index (χ0v) is 66.9. The van der Waals surface area contributed by atoms with Crippen molar-refractivity contribution in [3.63, 3.8) is 0 Å². The van der Waals surface area contributed by atoms with Crippen molar-refractivity contribution in [3.8, 4) is 0 Å². The van der Waals surface area contributed by atoms with E-state index >= 15 is 0 Å². The molecule has 6 aromatic heterocycles. The molecule has 2 amide bonds. The van der Waals surface area contributed by atoms with Gasteiger partial charge >= 0.3 is 51.0 Å². The molecule has 0 spiro atoms. The lowest BCUT2D eigenvalue weighted by atomic mass is 9.89. The number of imidazole rings is 2. The molecule has 17 N–H and O–H groups in total. The molecule has 109 heavy (non-hydrogen) atoms. The predicted octanol–water partition coefficient (Wildman–Crippen LogP) is 0.999. The summed E-state index contributed by atoms with van der Waals surface area (Å²) in [5.74, 6) is -0.715. The number of nitrogens with two attached hydrogens (primary N) is 4. The van der Waals surface area contributed by atoms with Crippen LogP contribution in [0.1, 0.15) is 97.2 Å². The third-order valence-electron chi connectivity index (χ3n) is 18.1. The first-order valence-electron chi connectivity index (χ1n) is 33.4. The van der Waals surface area contributed by atoms with Crippen molar-refractivity contribution in [1.82, 2.24) is 68.4 Å². The highest BCUT2D eigenvalue weighted by molar-refractivity contribution is 8.08. The second kappa shape index (κ2) is 33.5. The van der Waals surface area contributed by atoms with Gasteiger partial charge in [0.25, 0.3) is 16.7 Å². The van der Waals surface area contributed by atoms with Crippen molar-refractivity contribution in [3.05, 3.63) is 100 Å². The third kappa shape index (κ3) is 20.1. The van der Waals surface area contributed by atoms with Crippen molar-refractivity contribution in [2.75, 3.05) is 50.2 Å². The van der Waals surface area contributed by atoms with E-state index in [1.165, 1.54) is 62.8 Å². The molecule has 600 valence electrons. The Balaban J connectivity index is 0.754. The number of nitrogens with one attached hydrogen (secondary N) is 4. The van der Waals surface area contributed by atoms with Crippen molar-refractivity contribution in [1.29, 1.82) is 0 Å². The molecule has 6 aliphatic heterocycles. The summed E-state index contributed by atoms with van der Waals surface area (Å²) in [6, 6.07) is 0.757. The smallest absolute Gasteiger partial charge is 0.351 e. The van der Waals surface area contributed by atoms with Gasteiger partial charge in [0.1, 0.15) is 67.5 Å². The number of aromatic nitrogens is 12. The molecule has 0 aliphatic carbocycles. The minimum absolute atomic E-state index is 0.0114. The number of fused-ring (bicyclic) bond motifs is 2. The molecule has 12 heterocycles. The van der Waals surface area contributed by atoms with Crippen molar-refractivity contribution >= 4 is 139 Å². The standard InChI is InChI=1S/C55H79N18O26P5S5/c1-23(2)27-9-38(69-8-7-37(56)62-53(69)77)90-32(27)16-85-101(81,106)96-29-11-40(71-15-26(6)48(74)68-55(71)79)92-34(29)19-88-104(84,109)99-31-13-42(73-22-61-44-47(73)65-52(59)67-50(44)76)94-36(31)20-89-102(82,107)97-28-10-39(70-14-25(5)45(57)63-54(70)78)91-33(28)18-87-103(83,108)98-30-12-41(93-35(30)17-86-100(80,105)95-24(3)4)72-21-60-43-46(72)64-51(58)66-49(43)75/h7-8,14-15,21-24,27-36,38-42,45H,9-13,16-20,57H2,1-6H3,(H,63,78)(H,80,105)(H,81,106)(H,82,107)(H,83,108)(H,84,109)(H2,56,62,77)(H,68,74,79)(H3,58,64,66,75)(H3,59,65,67,76)/t27?,28?,29?,30?,31?,32-,33-,34-,35-,36-,38-,39-,40-,41-,42-,45?,100?,101?,102?,103?,104?/m1/s1. The molecule has 21 atom stereocenters. The molecule has 54 heteroatoms. The monoisotopic (exact) mass is 1720 g/mol. The largest absolute Gasteiger partial charge is 0.383 e. The van der Waals surface area contributed by atoms with Gasteiger partial charge in [-0.1, -0.05) is 13.8 Å². The second-order valence-corrected chi connectivity index (χ2v) is 40.5. The Morgan fingerprint density at radius 1 is 0.541 bits per heavy atom. The van der Waals surface area contributed by atoms with Gasteiger partial charge < -0.3 is 122 Å². The molecule has 12 rings (SSSR count). The number of amides is 2. The Hall–Kier alpha value is -4.92. The maximum Gasteiger partial charge on any atom is 0.351 e. The van der Waals surface area contributed by atoms with Crippen LogP contribution in [0.25, 0.3) is 22.3 Å². The molecule has 0 saturated carbocycles. The normalized spacial score (nSPS) is 30.2. The Morgan fingerprint density at radius 3 is 1.39 bits per heavy atom. The lowest BCUT2D eigenvalue weighted by Crippen LogP contribution is -2.54. The lowest BCUT2D eigenvalue weighted by Gasteiger charge is -2.32. The van der Waals surface area contributed by atoms with Crippen LogP contribution in [0.5, 0.6) is 0 Å². The Kier molecular flexibility index (Phi) is 25.7. The van der Waals surface area contributed by atoms with Crippen LogP contribution in [-0.2, 0) is 128 Å². The molecule has 44 nitrogen and oxygen atoms in total. The molecule has 6 aliphatic rings. The first kappa shape index (κ1) is 83.5. The summed E-state index contributed by atoms with van der Waals surface area (Å²) in [4.78, 5) is 165. The highest BCUT2D eigenvalue weighted by Gasteiger charge is 2.50. The number of ether oxygens (including phenoxy) is 5. The van der Waals surface area contributed by atoms with Crippen molar-refractivity contribution < 1.29 is 98.2 Å². The highest BCUT2D eigenvalue weighted by atomic mass is 32.5. The minimum atomic E-state index is -4.61. The summed E-state index contributed by atoms with van der Waals surface area (Å²) >= 11 is 27.6. The van der Waals surface area contributed by atoms with E-state index in [9.17, 15) is 53.2 Å². The molecular formula is C55H79N18O26P5S5. The van der Waals surface area contributed by atoms with Gasteiger partial charge in [0.05, 0.1) is 82.3 Å². The average Bonchev–Trinajstić information content (AvgIpc) is 1.76. The number of urea groups is 1. The number of nitrogens with zero attached hydrogens (tertiary/aromatic N) is 10. The number of anilines is 3. The van der Waals surface area contributed by atoms with E-state index in [1.54, 1.807) is 20.8 Å². The number of rotatable bonds is 31. The molecular weight excluding hydrogens is 1640 g/mol. The summed E-state index contributed by atoms with van der Waals surface area (Å²) in [5, 5.41) is 2.61. The van der Waals surface area contributed by atoms with Crippen LogP contribution in [-0.4, -0.2) is 200 Å². The summed E-state index contributed by atoms with van der Waals surface area (Å²) in [7, 11) is 0. The molecule has 0 bridgehead atoms. The van der Waals surface area contributed by atoms with E-state index in [1.807, 2.05) is 13.8 Å².